The summed E-state index contributed by atoms with van der Waals surface area (Å²) in [5.41, 5.74) is 0. The second-order valence-corrected chi connectivity index (χ2v) is 5.53. The molecule has 0 aromatic rings. The molecule has 2 heterocycles. The lowest BCUT2D eigenvalue weighted by atomic mass is 10.0. The minimum Gasteiger partial charge on any atom is -0.439 e. The van der Waals surface area contributed by atoms with Crippen LogP contribution in [0.5, 0.6) is 0 Å². The topological polar surface area (TPSA) is 66.9 Å². The van der Waals surface area contributed by atoms with Gasteiger partial charge < -0.3 is 9.64 Å². The Hall–Kier alpha value is -1.59. The predicted octanol–water partition coefficient (Wildman–Crippen LogP) is 1.00. The molecule has 0 aromatic carbocycles. The molecule has 2 rings (SSSR count). The molecule has 19 heavy (non-hydrogen) atoms. The number of nitrogens with zero attached hydrogens (tertiary/aromatic N) is 2. The SMILES string of the molecule is CC(C)CC(=O)N1CCC(N2C(=O)COC2=O)CC1. The highest BCUT2D eigenvalue weighted by atomic mass is 16.6. The van der Waals surface area contributed by atoms with Gasteiger partial charge in [-0.1, -0.05) is 13.8 Å². The number of carbonyl (C=O) groups excluding carboxylic acids is 3. The average molecular weight is 268 g/mol. The molecule has 0 atom stereocenters. The summed E-state index contributed by atoms with van der Waals surface area (Å²) in [6, 6.07) is -0.120. The van der Waals surface area contributed by atoms with E-state index in [1.807, 2.05) is 18.7 Å². The second-order valence-electron chi connectivity index (χ2n) is 5.53. The van der Waals surface area contributed by atoms with Gasteiger partial charge in [0.1, 0.15) is 0 Å². The molecule has 0 N–H and O–H groups in total. The fourth-order valence-corrected chi connectivity index (χ4v) is 2.57. The van der Waals surface area contributed by atoms with E-state index in [1.165, 1.54) is 4.90 Å². The Morgan fingerprint density at radius 3 is 2.42 bits per heavy atom. The van der Waals surface area contributed by atoms with Crippen molar-refractivity contribution in [2.24, 2.45) is 5.92 Å². The highest BCUT2D eigenvalue weighted by Crippen LogP contribution is 2.21. The van der Waals surface area contributed by atoms with Gasteiger partial charge in [0.05, 0.1) is 0 Å². The van der Waals surface area contributed by atoms with Gasteiger partial charge in [-0.05, 0) is 18.8 Å². The zero-order chi connectivity index (χ0) is 14.0. The summed E-state index contributed by atoms with van der Waals surface area (Å²) in [7, 11) is 0. The molecular formula is C13H20N2O4. The number of hydrogen-bond acceptors (Lipinski definition) is 4. The van der Waals surface area contributed by atoms with E-state index in [0.717, 1.165) is 0 Å². The average Bonchev–Trinajstić information content (AvgIpc) is 2.68. The Morgan fingerprint density at radius 2 is 1.95 bits per heavy atom. The Balaban J connectivity index is 1.87. The van der Waals surface area contributed by atoms with Crippen molar-refractivity contribution in [2.75, 3.05) is 19.7 Å². The van der Waals surface area contributed by atoms with Crippen molar-refractivity contribution in [2.45, 2.75) is 39.2 Å². The molecule has 2 saturated heterocycles. The molecule has 2 aliphatic heterocycles. The van der Waals surface area contributed by atoms with Gasteiger partial charge in [-0.15, -0.1) is 0 Å². The number of piperidine rings is 1. The monoisotopic (exact) mass is 268 g/mol. The van der Waals surface area contributed by atoms with Crippen LogP contribution in [0.15, 0.2) is 0 Å². The Kier molecular flexibility index (Phi) is 4.07. The number of likely N-dealkylation sites (tertiary alicyclic amines) is 1. The molecule has 0 radical (unpaired) electrons. The zero-order valence-electron chi connectivity index (χ0n) is 11.4. The normalized spacial score (nSPS) is 21.2. The van der Waals surface area contributed by atoms with Crippen LogP contribution in [0, 0.1) is 5.92 Å². The third-order valence-electron chi connectivity index (χ3n) is 3.55. The number of carbonyl (C=O) groups is 3. The van der Waals surface area contributed by atoms with Crippen molar-refractivity contribution in [1.82, 2.24) is 9.80 Å². The molecule has 6 heteroatoms. The lowest BCUT2D eigenvalue weighted by molar-refractivity contribution is -0.134. The Labute approximate surface area is 112 Å². The number of cyclic esters (lactones) is 1. The molecule has 0 aliphatic carbocycles. The van der Waals surface area contributed by atoms with E-state index in [9.17, 15) is 14.4 Å². The molecule has 0 spiro atoms. The van der Waals surface area contributed by atoms with E-state index in [1.54, 1.807) is 0 Å². The van der Waals surface area contributed by atoms with Crippen molar-refractivity contribution >= 4 is 17.9 Å². The van der Waals surface area contributed by atoms with Crippen molar-refractivity contribution < 1.29 is 19.1 Å². The summed E-state index contributed by atoms with van der Waals surface area (Å²) in [5.74, 6) is 0.237. The van der Waals surface area contributed by atoms with Crippen LogP contribution in [0.3, 0.4) is 0 Å². The van der Waals surface area contributed by atoms with E-state index in [4.69, 9.17) is 4.74 Å². The van der Waals surface area contributed by atoms with Gasteiger partial charge in [0, 0.05) is 25.6 Å². The quantitative estimate of drug-likeness (QED) is 0.766. The van der Waals surface area contributed by atoms with Crippen LogP contribution < -0.4 is 0 Å². The first-order valence-corrected chi connectivity index (χ1v) is 6.75. The molecule has 0 unspecified atom stereocenters. The summed E-state index contributed by atoms with van der Waals surface area (Å²) in [6.07, 6.45) is 1.29. The van der Waals surface area contributed by atoms with Crippen molar-refractivity contribution in [3.05, 3.63) is 0 Å². The molecular weight excluding hydrogens is 248 g/mol. The minimum atomic E-state index is -0.544. The summed E-state index contributed by atoms with van der Waals surface area (Å²) in [4.78, 5) is 37.9. The number of hydrogen-bond donors (Lipinski definition) is 0. The van der Waals surface area contributed by atoms with Gasteiger partial charge in [0.2, 0.25) is 5.91 Å². The van der Waals surface area contributed by atoms with Gasteiger partial charge >= 0.3 is 6.09 Å². The molecule has 0 aromatic heterocycles. The van der Waals surface area contributed by atoms with Gasteiger partial charge in [-0.3, -0.25) is 9.59 Å². The van der Waals surface area contributed by atoms with Gasteiger partial charge in [-0.25, -0.2) is 9.69 Å². The van der Waals surface area contributed by atoms with Crippen LogP contribution in [0.1, 0.15) is 33.1 Å². The Bertz CT molecular complexity index is 370. The lowest BCUT2D eigenvalue weighted by Gasteiger charge is -2.35. The van der Waals surface area contributed by atoms with Crippen molar-refractivity contribution in [1.29, 1.82) is 0 Å². The fourth-order valence-electron chi connectivity index (χ4n) is 2.57. The Morgan fingerprint density at radius 1 is 1.32 bits per heavy atom. The first-order chi connectivity index (χ1) is 8.99. The number of ether oxygens (including phenoxy) is 1. The summed E-state index contributed by atoms with van der Waals surface area (Å²) >= 11 is 0. The highest BCUT2D eigenvalue weighted by molar-refractivity contribution is 5.98. The van der Waals surface area contributed by atoms with Crippen LogP contribution in [-0.2, 0) is 14.3 Å². The first kappa shape index (κ1) is 13.8. The van der Waals surface area contributed by atoms with Crippen molar-refractivity contribution in [3.8, 4) is 0 Å². The summed E-state index contributed by atoms with van der Waals surface area (Å²) in [6.45, 7) is 5.10. The van der Waals surface area contributed by atoms with Crippen molar-refractivity contribution in [3.63, 3.8) is 0 Å². The highest BCUT2D eigenvalue weighted by Gasteiger charge is 2.38. The third kappa shape index (κ3) is 3.05. The van der Waals surface area contributed by atoms with E-state index in [2.05, 4.69) is 0 Å². The molecule has 6 nitrogen and oxygen atoms in total. The van der Waals surface area contributed by atoms with Gasteiger partial charge in [0.25, 0.3) is 5.91 Å². The minimum absolute atomic E-state index is 0.120. The molecule has 0 bridgehead atoms. The van der Waals surface area contributed by atoms with Crippen LogP contribution in [-0.4, -0.2) is 53.4 Å². The third-order valence-corrected chi connectivity index (χ3v) is 3.55. The molecule has 106 valence electrons. The molecule has 0 saturated carbocycles. The summed E-state index contributed by atoms with van der Waals surface area (Å²) < 4.78 is 4.71. The van der Waals surface area contributed by atoms with E-state index in [-0.39, 0.29) is 24.5 Å². The van der Waals surface area contributed by atoms with Gasteiger partial charge in [0.15, 0.2) is 6.61 Å². The largest absolute Gasteiger partial charge is 0.439 e. The van der Waals surface area contributed by atoms with E-state index < -0.39 is 6.09 Å². The predicted molar refractivity (Wildman–Crippen MR) is 67.3 cm³/mol. The smallest absolute Gasteiger partial charge is 0.417 e. The van der Waals surface area contributed by atoms with Gasteiger partial charge in [-0.2, -0.15) is 0 Å². The summed E-state index contributed by atoms with van der Waals surface area (Å²) in [5, 5.41) is 0. The first-order valence-electron chi connectivity index (χ1n) is 6.75. The number of rotatable bonds is 3. The zero-order valence-corrected chi connectivity index (χ0v) is 11.4. The molecule has 2 fully saturated rings. The molecule has 2 aliphatic rings. The van der Waals surface area contributed by atoms with Crippen LogP contribution in [0.4, 0.5) is 4.79 Å². The lowest BCUT2D eigenvalue weighted by Crippen LogP contribution is -2.48. The van der Waals surface area contributed by atoms with Crippen LogP contribution >= 0.6 is 0 Å². The maximum atomic E-state index is 11.9. The molecule has 3 amide bonds. The van der Waals surface area contributed by atoms with Crippen LogP contribution in [0.25, 0.3) is 0 Å². The standard InChI is InChI=1S/C13H20N2O4/c1-9(2)7-11(16)14-5-3-10(4-6-14)15-12(17)8-19-13(15)18/h9-10H,3-8H2,1-2H3. The maximum absolute atomic E-state index is 11.9. The number of imide groups is 1. The number of amides is 3. The second kappa shape index (κ2) is 5.59. The van der Waals surface area contributed by atoms with Crippen LogP contribution in [0.2, 0.25) is 0 Å². The van der Waals surface area contributed by atoms with E-state index >= 15 is 0 Å². The van der Waals surface area contributed by atoms with E-state index in [0.29, 0.717) is 38.3 Å². The fraction of sp³-hybridized carbons (Fsp3) is 0.769. The maximum Gasteiger partial charge on any atom is 0.417 e.